The zero-order valence-electron chi connectivity index (χ0n) is 12.3. The highest BCUT2D eigenvalue weighted by atomic mass is 15.1. The van der Waals surface area contributed by atoms with Crippen molar-refractivity contribution in [3.63, 3.8) is 0 Å². The summed E-state index contributed by atoms with van der Waals surface area (Å²) >= 11 is 0. The molecule has 0 amide bonds. The number of aromatic nitrogens is 1. The van der Waals surface area contributed by atoms with E-state index >= 15 is 0 Å². The van der Waals surface area contributed by atoms with Crippen molar-refractivity contribution in [3.05, 3.63) is 42.1 Å². The number of nitrogens with one attached hydrogen (secondary N) is 1. The smallest absolute Gasteiger partial charge is 0.0469 e. The van der Waals surface area contributed by atoms with Crippen molar-refractivity contribution < 1.29 is 0 Å². The van der Waals surface area contributed by atoms with Crippen LogP contribution in [0.15, 0.2) is 30.8 Å². The van der Waals surface area contributed by atoms with E-state index in [4.69, 9.17) is 0 Å². The van der Waals surface area contributed by atoms with Gasteiger partial charge in [0.15, 0.2) is 0 Å². The largest absolute Gasteiger partial charge is 0.355 e. The van der Waals surface area contributed by atoms with Crippen molar-refractivity contribution in [1.82, 2.24) is 9.88 Å². The Morgan fingerprint density at radius 1 is 1.35 bits per heavy atom. The van der Waals surface area contributed by atoms with Crippen LogP contribution in [-0.2, 0) is 0 Å². The molecule has 0 saturated carbocycles. The van der Waals surface area contributed by atoms with Gasteiger partial charge in [-0.3, -0.25) is 4.90 Å². The highest BCUT2D eigenvalue weighted by Gasteiger charge is 2.44. The standard InChI is InChI=1S/C18H22N2/c1-4-12-13-9-10-20(3)18(12)16-14-7-5-6-8-15(14)19-17(16)11(13)2/h5-8,12-13,18-19H,2,4,9-10H2,1,3H3/t12-,13-,18-/m1/s1. The summed E-state index contributed by atoms with van der Waals surface area (Å²) in [6, 6.07) is 9.25. The fourth-order valence-corrected chi connectivity index (χ4v) is 4.53. The van der Waals surface area contributed by atoms with Gasteiger partial charge in [0.25, 0.3) is 0 Å². The highest BCUT2D eigenvalue weighted by molar-refractivity contribution is 5.91. The van der Waals surface area contributed by atoms with E-state index in [0.29, 0.717) is 17.9 Å². The van der Waals surface area contributed by atoms with Gasteiger partial charge in [-0.25, -0.2) is 0 Å². The van der Waals surface area contributed by atoms with Crippen molar-refractivity contribution in [2.24, 2.45) is 11.8 Å². The zero-order valence-corrected chi connectivity index (χ0v) is 12.3. The van der Waals surface area contributed by atoms with Gasteiger partial charge in [-0.2, -0.15) is 0 Å². The monoisotopic (exact) mass is 266 g/mol. The SMILES string of the molecule is C=C1c2[nH]c3ccccc3c2[C@H]2[C@H](CC)[C@@H]1CCN2C. The molecule has 2 aliphatic rings. The second-order valence-corrected chi connectivity index (χ2v) is 6.38. The van der Waals surface area contributed by atoms with E-state index in [1.165, 1.54) is 47.1 Å². The van der Waals surface area contributed by atoms with Gasteiger partial charge in [-0.15, -0.1) is 0 Å². The number of H-pyrrole nitrogens is 1. The fourth-order valence-electron chi connectivity index (χ4n) is 4.53. The predicted molar refractivity (Wildman–Crippen MR) is 84.6 cm³/mol. The Kier molecular flexibility index (Phi) is 2.58. The van der Waals surface area contributed by atoms with Crippen molar-refractivity contribution in [1.29, 1.82) is 0 Å². The third-order valence-electron chi connectivity index (χ3n) is 5.47. The summed E-state index contributed by atoms with van der Waals surface area (Å²) in [5, 5.41) is 1.39. The van der Waals surface area contributed by atoms with E-state index in [1.54, 1.807) is 0 Å². The van der Waals surface area contributed by atoms with Gasteiger partial charge in [0, 0.05) is 28.2 Å². The molecule has 2 aromatic rings. The Labute approximate surface area is 120 Å². The number of piperidine rings is 1. The Bertz CT molecular complexity index is 682. The maximum Gasteiger partial charge on any atom is 0.0469 e. The Hall–Kier alpha value is -1.54. The van der Waals surface area contributed by atoms with E-state index in [0.717, 1.165) is 0 Å². The number of hydrogen-bond acceptors (Lipinski definition) is 1. The van der Waals surface area contributed by atoms with Crippen LogP contribution in [0, 0.1) is 11.8 Å². The zero-order chi connectivity index (χ0) is 13.9. The maximum atomic E-state index is 4.44. The first-order valence-electron chi connectivity index (χ1n) is 7.72. The summed E-state index contributed by atoms with van der Waals surface area (Å²) in [6.45, 7) is 7.96. The molecule has 1 aromatic carbocycles. The van der Waals surface area contributed by atoms with Crippen molar-refractivity contribution in [2.75, 3.05) is 13.6 Å². The Morgan fingerprint density at radius 3 is 2.95 bits per heavy atom. The number of hydrogen-bond donors (Lipinski definition) is 1. The molecule has 2 heteroatoms. The Balaban J connectivity index is 2.03. The molecule has 20 heavy (non-hydrogen) atoms. The first-order valence-corrected chi connectivity index (χ1v) is 7.72. The summed E-state index contributed by atoms with van der Waals surface area (Å²) in [7, 11) is 2.28. The van der Waals surface area contributed by atoms with Crippen LogP contribution >= 0.6 is 0 Å². The topological polar surface area (TPSA) is 19.0 Å². The number of nitrogens with zero attached hydrogens (tertiary/aromatic N) is 1. The maximum absolute atomic E-state index is 4.44. The van der Waals surface area contributed by atoms with Crippen LogP contribution in [0.25, 0.3) is 16.5 Å². The van der Waals surface area contributed by atoms with Crippen LogP contribution in [0.3, 0.4) is 0 Å². The molecular formula is C18H22N2. The highest BCUT2D eigenvalue weighted by Crippen LogP contribution is 2.53. The summed E-state index contributed by atoms with van der Waals surface area (Å²) in [6.07, 6.45) is 2.48. The summed E-state index contributed by atoms with van der Waals surface area (Å²) < 4.78 is 0. The number of para-hydroxylation sites is 1. The molecule has 2 nitrogen and oxygen atoms in total. The summed E-state index contributed by atoms with van der Waals surface area (Å²) in [5.41, 5.74) is 5.41. The lowest BCUT2D eigenvalue weighted by Crippen LogP contribution is -2.44. The van der Waals surface area contributed by atoms with Gasteiger partial charge in [0.1, 0.15) is 0 Å². The molecular weight excluding hydrogens is 244 g/mol. The van der Waals surface area contributed by atoms with Crippen LogP contribution in [0.4, 0.5) is 0 Å². The minimum atomic E-state index is 0.551. The fraction of sp³-hybridized carbons (Fsp3) is 0.444. The molecule has 1 fully saturated rings. The lowest BCUT2D eigenvalue weighted by molar-refractivity contribution is 0.0839. The van der Waals surface area contributed by atoms with Crippen molar-refractivity contribution in [2.45, 2.75) is 25.8 Å². The van der Waals surface area contributed by atoms with Gasteiger partial charge >= 0.3 is 0 Å². The van der Waals surface area contributed by atoms with E-state index in [9.17, 15) is 0 Å². The van der Waals surface area contributed by atoms with Crippen LogP contribution in [0.2, 0.25) is 0 Å². The predicted octanol–water partition coefficient (Wildman–Crippen LogP) is 4.21. The number of likely N-dealkylation sites (tertiary alicyclic amines) is 1. The normalized spacial score (nSPS) is 29.7. The van der Waals surface area contributed by atoms with E-state index in [2.05, 4.69) is 54.7 Å². The quantitative estimate of drug-likeness (QED) is 0.819. The number of aromatic amines is 1. The second-order valence-electron chi connectivity index (χ2n) is 6.38. The molecule has 1 aliphatic heterocycles. The molecule has 104 valence electrons. The van der Waals surface area contributed by atoms with E-state index in [-0.39, 0.29) is 0 Å². The van der Waals surface area contributed by atoms with Crippen molar-refractivity contribution in [3.8, 4) is 0 Å². The van der Waals surface area contributed by atoms with E-state index in [1.807, 2.05) is 0 Å². The minimum absolute atomic E-state index is 0.551. The van der Waals surface area contributed by atoms with Gasteiger partial charge in [-0.05, 0) is 43.5 Å². The number of allylic oxidation sites excluding steroid dienone is 1. The molecule has 1 N–H and O–H groups in total. The lowest BCUT2D eigenvalue weighted by atomic mass is 9.66. The second kappa shape index (κ2) is 4.23. The molecule has 2 heterocycles. The molecule has 4 rings (SSSR count). The molecule has 0 spiro atoms. The third-order valence-corrected chi connectivity index (χ3v) is 5.47. The average molecular weight is 266 g/mol. The Morgan fingerprint density at radius 2 is 2.15 bits per heavy atom. The number of fused-ring (bicyclic) bond motifs is 6. The summed E-state index contributed by atoms with van der Waals surface area (Å²) in [4.78, 5) is 6.19. The molecule has 0 radical (unpaired) electrons. The van der Waals surface area contributed by atoms with Crippen LogP contribution in [-0.4, -0.2) is 23.5 Å². The molecule has 1 aliphatic carbocycles. The molecule has 0 unspecified atom stereocenters. The van der Waals surface area contributed by atoms with Crippen molar-refractivity contribution >= 4 is 16.5 Å². The lowest BCUT2D eigenvalue weighted by Gasteiger charge is -2.48. The first-order chi connectivity index (χ1) is 9.72. The molecule has 2 bridgehead atoms. The molecule has 1 aromatic heterocycles. The molecule has 1 saturated heterocycles. The number of benzene rings is 1. The van der Waals surface area contributed by atoms with Gasteiger partial charge < -0.3 is 4.98 Å². The van der Waals surface area contributed by atoms with Gasteiger partial charge in [0.2, 0.25) is 0 Å². The third kappa shape index (κ3) is 1.43. The minimum Gasteiger partial charge on any atom is -0.355 e. The summed E-state index contributed by atoms with van der Waals surface area (Å²) in [5.74, 6) is 1.37. The molecule has 3 atom stereocenters. The van der Waals surface area contributed by atoms with Crippen LogP contribution in [0.5, 0.6) is 0 Å². The van der Waals surface area contributed by atoms with Crippen LogP contribution < -0.4 is 0 Å². The first kappa shape index (κ1) is 12.2. The van der Waals surface area contributed by atoms with E-state index < -0.39 is 0 Å². The van der Waals surface area contributed by atoms with Crippen LogP contribution in [0.1, 0.15) is 37.1 Å². The van der Waals surface area contributed by atoms with Gasteiger partial charge in [0.05, 0.1) is 0 Å². The average Bonchev–Trinajstić information content (AvgIpc) is 2.85. The number of rotatable bonds is 1. The van der Waals surface area contributed by atoms with Gasteiger partial charge in [-0.1, -0.05) is 38.1 Å².